The highest BCUT2D eigenvalue weighted by molar-refractivity contribution is 9.10. The zero-order chi connectivity index (χ0) is 12.3. The van der Waals surface area contributed by atoms with Crippen LogP contribution >= 0.6 is 24.5 Å². The van der Waals surface area contributed by atoms with Crippen LogP contribution in [0.1, 0.15) is 13.8 Å². The molecule has 0 bridgehead atoms. The van der Waals surface area contributed by atoms with Gasteiger partial charge in [-0.2, -0.15) is 0 Å². The van der Waals surface area contributed by atoms with Crippen LogP contribution < -0.4 is 5.30 Å². The van der Waals surface area contributed by atoms with Gasteiger partial charge in [0, 0.05) is 4.47 Å². The Balaban J connectivity index is 2.37. The SMILES string of the molecule is CC(C)Pc1cccc(-c2ccccc2Br)c1. The highest BCUT2D eigenvalue weighted by atomic mass is 79.9. The van der Waals surface area contributed by atoms with Gasteiger partial charge in [0.1, 0.15) is 0 Å². The average molecular weight is 307 g/mol. The summed E-state index contributed by atoms with van der Waals surface area (Å²) >= 11 is 3.61. The van der Waals surface area contributed by atoms with Gasteiger partial charge < -0.3 is 0 Å². The van der Waals surface area contributed by atoms with E-state index in [1.807, 2.05) is 6.07 Å². The van der Waals surface area contributed by atoms with E-state index in [9.17, 15) is 0 Å². The lowest BCUT2D eigenvalue weighted by Crippen LogP contribution is -1.99. The first-order valence-electron chi connectivity index (χ1n) is 5.78. The standard InChI is InChI=1S/C15H16BrP/c1-11(2)17-13-7-5-6-12(10-13)14-8-3-4-9-15(14)16/h3-11,17H,1-2H3. The summed E-state index contributed by atoms with van der Waals surface area (Å²) in [6, 6.07) is 17.2. The van der Waals surface area contributed by atoms with E-state index < -0.39 is 0 Å². The van der Waals surface area contributed by atoms with Gasteiger partial charge in [-0.25, -0.2) is 0 Å². The molecule has 0 spiro atoms. The Morgan fingerprint density at radius 3 is 2.47 bits per heavy atom. The van der Waals surface area contributed by atoms with Gasteiger partial charge in [-0.05, 0) is 34.2 Å². The Kier molecular flexibility index (Phi) is 4.36. The lowest BCUT2D eigenvalue weighted by molar-refractivity contribution is 1.11. The molecule has 1 atom stereocenters. The lowest BCUT2D eigenvalue weighted by atomic mass is 10.1. The molecule has 0 aliphatic heterocycles. The zero-order valence-electron chi connectivity index (χ0n) is 10.1. The topological polar surface area (TPSA) is 0 Å². The molecule has 88 valence electrons. The predicted molar refractivity (Wildman–Crippen MR) is 82.7 cm³/mol. The van der Waals surface area contributed by atoms with Crippen LogP contribution in [0.15, 0.2) is 53.0 Å². The number of benzene rings is 2. The van der Waals surface area contributed by atoms with Gasteiger partial charge in [0.2, 0.25) is 0 Å². The van der Waals surface area contributed by atoms with Gasteiger partial charge in [0.25, 0.3) is 0 Å². The van der Waals surface area contributed by atoms with Crippen LogP contribution in [0, 0.1) is 0 Å². The molecule has 2 heteroatoms. The maximum Gasteiger partial charge on any atom is 0.0253 e. The first-order chi connectivity index (χ1) is 8.16. The van der Waals surface area contributed by atoms with Gasteiger partial charge in [0.05, 0.1) is 0 Å². The molecule has 0 amide bonds. The second-order valence-electron chi connectivity index (χ2n) is 4.36. The minimum absolute atomic E-state index is 0.726. The highest BCUT2D eigenvalue weighted by Gasteiger charge is 2.03. The summed E-state index contributed by atoms with van der Waals surface area (Å²) in [6.07, 6.45) is 0. The van der Waals surface area contributed by atoms with Gasteiger partial charge in [-0.3, -0.25) is 0 Å². The third-order valence-corrected chi connectivity index (χ3v) is 4.42. The second-order valence-corrected chi connectivity index (χ2v) is 7.23. The van der Waals surface area contributed by atoms with Crippen LogP contribution in [0.4, 0.5) is 0 Å². The molecule has 0 saturated carbocycles. The Morgan fingerprint density at radius 2 is 1.76 bits per heavy atom. The van der Waals surface area contributed by atoms with Crippen molar-refractivity contribution in [2.75, 3.05) is 0 Å². The molecule has 2 aromatic carbocycles. The maximum absolute atomic E-state index is 3.61. The summed E-state index contributed by atoms with van der Waals surface area (Å²) in [5.41, 5.74) is 3.29. The summed E-state index contributed by atoms with van der Waals surface area (Å²) in [7, 11) is 0.884. The first-order valence-corrected chi connectivity index (χ1v) is 7.65. The Bertz CT molecular complexity index is 506. The summed E-state index contributed by atoms with van der Waals surface area (Å²) in [4.78, 5) is 0. The molecule has 0 radical (unpaired) electrons. The molecule has 0 heterocycles. The van der Waals surface area contributed by atoms with E-state index in [1.54, 1.807) is 0 Å². The number of hydrogen-bond acceptors (Lipinski definition) is 0. The minimum atomic E-state index is 0.726. The number of hydrogen-bond donors (Lipinski definition) is 0. The normalized spacial score (nSPS) is 11.5. The van der Waals surface area contributed by atoms with Crippen molar-refractivity contribution in [2.45, 2.75) is 19.5 Å². The van der Waals surface area contributed by atoms with E-state index in [2.05, 4.69) is 72.2 Å². The molecule has 2 aromatic rings. The smallest absolute Gasteiger partial charge is 0.0253 e. The molecule has 2 rings (SSSR count). The van der Waals surface area contributed by atoms with Gasteiger partial charge in [-0.1, -0.05) is 74.8 Å². The molecular weight excluding hydrogens is 291 g/mol. The fourth-order valence-electron chi connectivity index (χ4n) is 1.81. The van der Waals surface area contributed by atoms with Crippen molar-refractivity contribution in [3.63, 3.8) is 0 Å². The van der Waals surface area contributed by atoms with Crippen molar-refractivity contribution in [1.82, 2.24) is 0 Å². The van der Waals surface area contributed by atoms with Crippen molar-refractivity contribution < 1.29 is 0 Å². The summed E-state index contributed by atoms with van der Waals surface area (Å²) in [5, 5.41) is 1.44. The van der Waals surface area contributed by atoms with Crippen molar-refractivity contribution in [3.8, 4) is 11.1 Å². The van der Waals surface area contributed by atoms with E-state index in [0.29, 0.717) is 0 Å². The van der Waals surface area contributed by atoms with Crippen LogP contribution in [0.2, 0.25) is 0 Å². The summed E-state index contributed by atoms with van der Waals surface area (Å²) < 4.78 is 1.16. The van der Waals surface area contributed by atoms with Crippen LogP contribution in [0.3, 0.4) is 0 Å². The minimum Gasteiger partial charge on any atom is -0.0877 e. The molecule has 1 unspecified atom stereocenters. The predicted octanol–water partition coefficient (Wildman–Crippen LogP) is 4.83. The molecule has 0 saturated heterocycles. The fourth-order valence-corrected chi connectivity index (χ4v) is 3.42. The number of rotatable bonds is 3. The summed E-state index contributed by atoms with van der Waals surface area (Å²) in [6.45, 7) is 4.53. The fraction of sp³-hybridized carbons (Fsp3) is 0.200. The molecule has 0 fully saturated rings. The quantitative estimate of drug-likeness (QED) is 0.713. The van der Waals surface area contributed by atoms with Gasteiger partial charge in [-0.15, -0.1) is 0 Å². The first kappa shape index (κ1) is 12.8. The monoisotopic (exact) mass is 306 g/mol. The van der Waals surface area contributed by atoms with Crippen LogP contribution in [-0.2, 0) is 0 Å². The maximum atomic E-state index is 3.61. The Hall–Kier alpha value is -0.650. The largest absolute Gasteiger partial charge is 0.0877 e. The van der Waals surface area contributed by atoms with Gasteiger partial charge in [0.15, 0.2) is 0 Å². The van der Waals surface area contributed by atoms with Crippen molar-refractivity contribution in [2.24, 2.45) is 0 Å². The zero-order valence-corrected chi connectivity index (χ0v) is 12.7. The average Bonchev–Trinajstić information content (AvgIpc) is 2.29. The third kappa shape index (κ3) is 3.40. The van der Waals surface area contributed by atoms with Crippen LogP contribution in [0.25, 0.3) is 11.1 Å². The molecule has 0 aliphatic carbocycles. The van der Waals surface area contributed by atoms with Crippen molar-refractivity contribution >= 4 is 29.8 Å². The Labute approximate surface area is 113 Å². The van der Waals surface area contributed by atoms with E-state index in [1.165, 1.54) is 16.4 Å². The highest BCUT2D eigenvalue weighted by Crippen LogP contribution is 2.28. The van der Waals surface area contributed by atoms with E-state index >= 15 is 0 Å². The molecule has 0 aromatic heterocycles. The van der Waals surface area contributed by atoms with Crippen molar-refractivity contribution in [3.05, 3.63) is 53.0 Å². The van der Waals surface area contributed by atoms with Gasteiger partial charge >= 0.3 is 0 Å². The molecule has 0 nitrogen and oxygen atoms in total. The third-order valence-electron chi connectivity index (χ3n) is 2.50. The van der Waals surface area contributed by atoms with Crippen LogP contribution in [0.5, 0.6) is 0 Å². The second kappa shape index (κ2) is 5.80. The Morgan fingerprint density at radius 1 is 1.00 bits per heavy atom. The summed E-state index contributed by atoms with van der Waals surface area (Å²) in [5.74, 6) is 0. The number of halogens is 1. The lowest BCUT2D eigenvalue weighted by Gasteiger charge is -2.09. The van der Waals surface area contributed by atoms with Crippen LogP contribution in [-0.4, -0.2) is 5.66 Å². The van der Waals surface area contributed by atoms with E-state index in [-0.39, 0.29) is 0 Å². The molecule has 17 heavy (non-hydrogen) atoms. The van der Waals surface area contributed by atoms with E-state index in [0.717, 1.165) is 18.7 Å². The van der Waals surface area contributed by atoms with E-state index in [4.69, 9.17) is 0 Å². The van der Waals surface area contributed by atoms with Crippen molar-refractivity contribution in [1.29, 1.82) is 0 Å². The molecular formula is C15H16BrP. The molecule has 0 aliphatic rings. The molecule has 0 N–H and O–H groups in total.